The minimum Gasteiger partial charge on any atom is -0.382 e. The monoisotopic (exact) mass is 437 g/mol. The van der Waals surface area contributed by atoms with Crippen LogP contribution < -0.4 is 16.0 Å². The number of hydrogen-bond donors (Lipinski definition) is 3. The molecule has 0 fully saturated rings. The maximum atomic E-state index is 12.1. The first-order valence-corrected chi connectivity index (χ1v) is 11.2. The number of carbonyl (C=O) groups excluding carboxylic acids is 2. The van der Waals surface area contributed by atoms with E-state index < -0.39 is 0 Å². The number of anilines is 2. The van der Waals surface area contributed by atoms with E-state index in [2.05, 4.69) is 26.1 Å². The van der Waals surface area contributed by atoms with Crippen molar-refractivity contribution in [2.45, 2.75) is 31.5 Å². The van der Waals surface area contributed by atoms with Crippen molar-refractivity contribution >= 4 is 45.7 Å². The van der Waals surface area contributed by atoms with Gasteiger partial charge in [0.05, 0.1) is 12.3 Å². The Morgan fingerprint density at radius 3 is 2.83 bits per heavy atom. The quantitative estimate of drug-likeness (QED) is 0.346. The van der Waals surface area contributed by atoms with Gasteiger partial charge in [0.1, 0.15) is 0 Å². The predicted octanol–water partition coefficient (Wildman–Crippen LogP) is 2.84. The van der Waals surface area contributed by atoms with Crippen molar-refractivity contribution in [1.82, 2.24) is 15.5 Å². The van der Waals surface area contributed by atoms with E-state index in [-0.39, 0.29) is 24.1 Å². The molecule has 0 spiro atoms. The fourth-order valence-electron chi connectivity index (χ4n) is 2.29. The number of benzene rings is 1. The van der Waals surface area contributed by atoms with E-state index >= 15 is 0 Å². The van der Waals surface area contributed by atoms with Crippen molar-refractivity contribution in [1.29, 1.82) is 0 Å². The zero-order valence-electron chi connectivity index (χ0n) is 16.9. The Bertz CT molecular complexity index is 813. The predicted molar refractivity (Wildman–Crippen MR) is 118 cm³/mol. The molecular weight excluding hydrogens is 410 g/mol. The lowest BCUT2D eigenvalue weighted by Crippen LogP contribution is -2.34. The van der Waals surface area contributed by atoms with E-state index in [4.69, 9.17) is 4.74 Å². The highest BCUT2D eigenvalue weighted by molar-refractivity contribution is 8.01. The van der Waals surface area contributed by atoms with Crippen LogP contribution in [0.2, 0.25) is 0 Å². The van der Waals surface area contributed by atoms with E-state index in [1.165, 1.54) is 23.1 Å². The average molecular weight is 438 g/mol. The normalized spacial score (nSPS) is 10.6. The maximum absolute atomic E-state index is 12.1. The number of carbonyl (C=O) groups is 2. The van der Waals surface area contributed by atoms with Crippen molar-refractivity contribution in [2.75, 3.05) is 42.7 Å². The van der Waals surface area contributed by atoms with Gasteiger partial charge in [0.25, 0.3) is 0 Å². The van der Waals surface area contributed by atoms with Crippen LogP contribution in [0.1, 0.15) is 24.5 Å². The molecule has 2 amide bonds. The summed E-state index contributed by atoms with van der Waals surface area (Å²) in [6.45, 7) is 8.01. The second-order valence-electron chi connectivity index (χ2n) is 6.21. The molecule has 2 aromatic rings. The van der Waals surface area contributed by atoms with Gasteiger partial charge in [-0.3, -0.25) is 9.59 Å². The van der Waals surface area contributed by atoms with Crippen LogP contribution >= 0.6 is 23.1 Å². The molecule has 0 saturated carbocycles. The molecule has 0 unspecified atom stereocenters. The van der Waals surface area contributed by atoms with Gasteiger partial charge in [-0.1, -0.05) is 35.2 Å². The Morgan fingerprint density at radius 2 is 2.03 bits per heavy atom. The number of amides is 2. The minimum atomic E-state index is -0.258. The summed E-state index contributed by atoms with van der Waals surface area (Å²) in [5.41, 5.74) is 2.87. The summed E-state index contributed by atoms with van der Waals surface area (Å²) < 4.78 is 5.98. The fourth-order valence-corrected chi connectivity index (χ4v) is 3.90. The fraction of sp³-hybridized carbons (Fsp3) is 0.474. The molecule has 1 aromatic heterocycles. The highest BCUT2D eigenvalue weighted by atomic mass is 32.2. The third-order valence-electron chi connectivity index (χ3n) is 4.00. The van der Waals surface area contributed by atoms with Gasteiger partial charge in [-0.2, -0.15) is 0 Å². The number of rotatable bonds is 12. The van der Waals surface area contributed by atoms with Gasteiger partial charge in [0.2, 0.25) is 16.9 Å². The van der Waals surface area contributed by atoms with Crippen molar-refractivity contribution in [2.24, 2.45) is 0 Å². The van der Waals surface area contributed by atoms with E-state index in [1.807, 2.05) is 39.0 Å². The lowest BCUT2D eigenvalue weighted by molar-refractivity contribution is -0.122. The first-order chi connectivity index (χ1) is 14.0. The topological polar surface area (TPSA) is 105 Å². The number of aromatic nitrogens is 2. The molecule has 3 N–H and O–H groups in total. The molecule has 0 aliphatic heterocycles. The van der Waals surface area contributed by atoms with Gasteiger partial charge in [-0.25, -0.2) is 0 Å². The Balaban J connectivity index is 1.65. The van der Waals surface area contributed by atoms with E-state index in [1.54, 1.807) is 0 Å². The minimum absolute atomic E-state index is 0.0739. The molecule has 0 aliphatic rings. The van der Waals surface area contributed by atoms with Crippen LogP contribution in [0.5, 0.6) is 0 Å². The van der Waals surface area contributed by atoms with Crippen LogP contribution in [0.4, 0.5) is 10.8 Å². The van der Waals surface area contributed by atoms with Crippen LogP contribution in [0.25, 0.3) is 0 Å². The summed E-state index contributed by atoms with van der Waals surface area (Å²) in [5.74, 6) is -0.311. The molecule has 0 bridgehead atoms. The Morgan fingerprint density at radius 1 is 1.21 bits per heavy atom. The lowest BCUT2D eigenvalue weighted by Gasteiger charge is -2.10. The lowest BCUT2D eigenvalue weighted by atomic mass is 10.1. The third kappa shape index (κ3) is 8.38. The Kier molecular flexibility index (Phi) is 9.89. The molecule has 29 heavy (non-hydrogen) atoms. The van der Waals surface area contributed by atoms with Crippen LogP contribution in [0.3, 0.4) is 0 Å². The summed E-state index contributed by atoms with van der Waals surface area (Å²) in [5, 5.41) is 17.4. The zero-order chi connectivity index (χ0) is 21.1. The Labute approximate surface area is 179 Å². The van der Waals surface area contributed by atoms with Crippen LogP contribution in [0, 0.1) is 13.8 Å². The first-order valence-electron chi connectivity index (χ1n) is 9.40. The van der Waals surface area contributed by atoms with Gasteiger partial charge >= 0.3 is 0 Å². The average Bonchev–Trinajstić information content (AvgIpc) is 3.16. The van der Waals surface area contributed by atoms with E-state index in [9.17, 15) is 9.59 Å². The van der Waals surface area contributed by atoms with Crippen molar-refractivity contribution in [3.8, 4) is 0 Å². The SMILES string of the molecule is CCOCCCNc1nnc(SCC(=O)NCC(=O)Nc2cccc(C)c2C)s1. The highest BCUT2D eigenvalue weighted by Crippen LogP contribution is 2.25. The van der Waals surface area contributed by atoms with Crippen LogP contribution in [0.15, 0.2) is 22.5 Å². The molecule has 0 aliphatic carbocycles. The van der Waals surface area contributed by atoms with Gasteiger partial charge in [0.15, 0.2) is 4.34 Å². The van der Waals surface area contributed by atoms with E-state index in [0.29, 0.717) is 10.9 Å². The number of ether oxygens (including phenoxy) is 1. The standard InChI is InChI=1S/C19H27N5O3S2/c1-4-27-10-6-9-20-18-23-24-19(29-18)28-12-17(26)21-11-16(25)22-15-8-5-7-13(2)14(15)3/h5,7-8H,4,6,9-12H2,1-3H3,(H,20,23)(H,21,26)(H,22,25). The summed E-state index contributed by atoms with van der Waals surface area (Å²) in [6, 6.07) is 5.71. The molecule has 0 radical (unpaired) electrons. The van der Waals surface area contributed by atoms with E-state index in [0.717, 1.165) is 41.5 Å². The summed E-state index contributed by atoms with van der Waals surface area (Å²) in [6.07, 6.45) is 0.891. The largest absolute Gasteiger partial charge is 0.382 e. The third-order valence-corrected chi connectivity index (χ3v) is 6.02. The van der Waals surface area contributed by atoms with Crippen molar-refractivity contribution in [3.63, 3.8) is 0 Å². The van der Waals surface area contributed by atoms with Crippen molar-refractivity contribution < 1.29 is 14.3 Å². The van der Waals surface area contributed by atoms with Crippen molar-refractivity contribution in [3.05, 3.63) is 29.3 Å². The molecule has 8 nitrogen and oxygen atoms in total. The molecule has 0 saturated heterocycles. The molecular formula is C19H27N5O3S2. The Hall–Kier alpha value is -2.17. The summed E-state index contributed by atoms with van der Waals surface area (Å²) >= 11 is 2.69. The highest BCUT2D eigenvalue weighted by Gasteiger charge is 2.10. The smallest absolute Gasteiger partial charge is 0.243 e. The zero-order valence-corrected chi connectivity index (χ0v) is 18.5. The number of aryl methyl sites for hydroxylation is 1. The van der Waals surface area contributed by atoms with Gasteiger partial charge in [0, 0.05) is 25.4 Å². The number of hydrogen-bond acceptors (Lipinski definition) is 8. The van der Waals surface area contributed by atoms with Gasteiger partial charge in [-0.05, 0) is 44.4 Å². The van der Waals surface area contributed by atoms with Crippen LogP contribution in [-0.4, -0.2) is 54.1 Å². The first kappa shape index (κ1) is 23.1. The maximum Gasteiger partial charge on any atom is 0.243 e. The number of nitrogens with one attached hydrogen (secondary N) is 3. The number of nitrogens with zero attached hydrogens (tertiary/aromatic N) is 2. The van der Waals surface area contributed by atoms with Gasteiger partial charge < -0.3 is 20.7 Å². The molecule has 1 heterocycles. The van der Waals surface area contributed by atoms with Crippen LogP contribution in [-0.2, 0) is 14.3 Å². The molecule has 0 atom stereocenters. The summed E-state index contributed by atoms with van der Waals surface area (Å²) in [4.78, 5) is 24.0. The molecule has 10 heteroatoms. The number of thioether (sulfide) groups is 1. The second-order valence-corrected chi connectivity index (χ2v) is 8.41. The molecule has 1 aromatic carbocycles. The molecule has 158 valence electrons. The second kappa shape index (κ2) is 12.4. The molecule has 2 rings (SSSR count). The summed E-state index contributed by atoms with van der Waals surface area (Å²) in [7, 11) is 0. The van der Waals surface area contributed by atoms with Gasteiger partial charge in [-0.15, -0.1) is 10.2 Å².